The molecule has 2 unspecified atom stereocenters. The van der Waals surface area contributed by atoms with Crippen molar-refractivity contribution < 1.29 is 9.90 Å². The summed E-state index contributed by atoms with van der Waals surface area (Å²) in [5, 5.41) is 10.7. The van der Waals surface area contributed by atoms with Crippen LogP contribution < -0.4 is 0 Å². The first-order chi connectivity index (χ1) is 9.36. The van der Waals surface area contributed by atoms with Crippen molar-refractivity contribution >= 4 is 5.78 Å². The molecule has 0 aliphatic heterocycles. The fraction of sp³-hybridized carbons (Fsp3) is 0.389. The van der Waals surface area contributed by atoms with E-state index >= 15 is 0 Å². The molecule has 0 fully saturated rings. The second kappa shape index (κ2) is 5.37. The quantitative estimate of drug-likeness (QED) is 0.846. The number of benzene rings is 1. The topological polar surface area (TPSA) is 37.3 Å². The summed E-state index contributed by atoms with van der Waals surface area (Å²) in [6, 6.07) is 7.54. The van der Waals surface area contributed by atoms with Gasteiger partial charge in [-0.25, -0.2) is 0 Å². The monoisotopic (exact) mass is 270 g/mol. The molecule has 0 radical (unpaired) electrons. The van der Waals surface area contributed by atoms with Gasteiger partial charge in [0.25, 0.3) is 0 Å². The molecule has 2 nitrogen and oxygen atoms in total. The highest BCUT2D eigenvalue weighted by Crippen LogP contribution is 2.32. The van der Waals surface area contributed by atoms with Gasteiger partial charge in [-0.15, -0.1) is 0 Å². The largest absolute Gasteiger partial charge is 0.377 e. The Morgan fingerprint density at radius 3 is 2.40 bits per heavy atom. The molecule has 2 heteroatoms. The summed E-state index contributed by atoms with van der Waals surface area (Å²) in [6.07, 6.45) is 5.30. The lowest BCUT2D eigenvalue weighted by Gasteiger charge is -2.32. The van der Waals surface area contributed by atoms with Gasteiger partial charge >= 0.3 is 0 Å². The van der Waals surface area contributed by atoms with Gasteiger partial charge in [0.15, 0.2) is 11.4 Å². The van der Waals surface area contributed by atoms with E-state index in [2.05, 4.69) is 13.8 Å². The second-order valence-corrected chi connectivity index (χ2v) is 5.92. The molecule has 1 aromatic carbocycles. The minimum absolute atomic E-state index is 0.204. The Kier molecular flexibility index (Phi) is 3.96. The van der Waals surface area contributed by atoms with Crippen molar-refractivity contribution in [2.75, 3.05) is 0 Å². The Hall–Kier alpha value is -1.67. The normalized spacial score (nSPS) is 25.7. The molecule has 0 saturated carbocycles. The van der Waals surface area contributed by atoms with Crippen LogP contribution in [0, 0.1) is 5.92 Å². The van der Waals surface area contributed by atoms with E-state index < -0.39 is 5.60 Å². The van der Waals surface area contributed by atoms with Gasteiger partial charge in [-0.3, -0.25) is 4.79 Å². The van der Waals surface area contributed by atoms with Gasteiger partial charge < -0.3 is 5.11 Å². The van der Waals surface area contributed by atoms with E-state index in [4.69, 9.17) is 0 Å². The molecule has 106 valence electrons. The number of carbonyl (C=O) groups excluding carboxylic acids is 1. The van der Waals surface area contributed by atoms with Crippen molar-refractivity contribution in [3.8, 4) is 0 Å². The van der Waals surface area contributed by atoms with E-state index in [9.17, 15) is 9.90 Å². The Balaban J connectivity index is 2.31. The Morgan fingerprint density at radius 2 is 1.85 bits per heavy atom. The van der Waals surface area contributed by atoms with Crippen LogP contribution in [0.5, 0.6) is 0 Å². The molecule has 0 amide bonds. The summed E-state index contributed by atoms with van der Waals surface area (Å²) in [7, 11) is 0. The van der Waals surface area contributed by atoms with Crippen LogP contribution >= 0.6 is 0 Å². The van der Waals surface area contributed by atoms with Crippen molar-refractivity contribution in [3.05, 3.63) is 59.2 Å². The smallest absolute Gasteiger partial charge is 0.198 e. The standard InChI is InChI=1S/C18H22O2/c1-12(2)15-7-9-16(10-8-15)17(19)18(20)11-5-6-13(3)14(18)4/h5-12,14,20H,1-4H3. The summed E-state index contributed by atoms with van der Waals surface area (Å²) in [4.78, 5) is 12.6. The summed E-state index contributed by atoms with van der Waals surface area (Å²) in [5.74, 6) is -0.00491. The lowest BCUT2D eigenvalue weighted by Crippen LogP contribution is -2.44. The molecule has 20 heavy (non-hydrogen) atoms. The van der Waals surface area contributed by atoms with E-state index in [-0.39, 0.29) is 11.7 Å². The minimum atomic E-state index is -1.43. The molecule has 1 N–H and O–H groups in total. The number of carbonyl (C=O) groups is 1. The highest BCUT2D eigenvalue weighted by molar-refractivity contribution is 6.04. The Bertz CT molecular complexity index is 564. The summed E-state index contributed by atoms with van der Waals surface area (Å²) >= 11 is 0. The molecule has 2 rings (SSSR count). The fourth-order valence-corrected chi connectivity index (χ4v) is 2.51. The lowest BCUT2D eigenvalue weighted by molar-refractivity contribution is 0.0360. The second-order valence-electron chi connectivity index (χ2n) is 5.92. The molecule has 1 aliphatic rings. The third-order valence-electron chi connectivity index (χ3n) is 4.26. The van der Waals surface area contributed by atoms with Crippen LogP contribution in [0.1, 0.15) is 49.5 Å². The first-order valence-corrected chi connectivity index (χ1v) is 7.09. The maximum atomic E-state index is 12.6. The van der Waals surface area contributed by atoms with E-state index in [1.54, 1.807) is 12.2 Å². The van der Waals surface area contributed by atoms with Crippen LogP contribution in [0.15, 0.2) is 48.1 Å². The van der Waals surface area contributed by atoms with Gasteiger partial charge in [0, 0.05) is 11.5 Å². The molecular formula is C18H22O2. The van der Waals surface area contributed by atoms with Gasteiger partial charge in [0.05, 0.1) is 0 Å². The van der Waals surface area contributed by atoms with Crippen LogP contribution in [-0.2, 0) is 0 Å². The molecule has 1 aromatic rings. The van der Waals surface area contributed by atoms with Crippen molar-refractivity contribution in [1.29, 1.82) is 0 Å². The van der Waals surface area contributed by atoms with Crippen LogP contribution in [0.25, 0.3) is 0 Å². The first kappa shape index (κ1) is 14.7. The molecule has 2 atom stereocenters. The van der Waals surface area contributed by atoms with Gasteiger partial charge in [0.1, 0.15) is 0 Å². The zero-order valence-corrected chi connectivity index (χ0v) is 12.6. The fourth-order valence-electron chi connectivity index (χ4n) is 2.51. The number of rotatable bonds is 3. The van der Waals surface area contributed by atoms with Gasteiger partial charge in [0.2, 0.25) is 0 Å². The number of aliphatic hydroxyl groups is 1. The van der Waals surface area contributed by atoms with Crippen molar-refractivity contribution in [3.63, 3.8) is 0 Å². The lowest BCUT2D eigenvalue weighted by atomic mass is 9.75. The molecular weight excluding hydrogens is 248 g/mol. The van der Waals surface area contributed by atoms with Crippen LogP contribution in [0.3, 0.4) is 0 Å². The van der Waals surface area contributed by atoms with E-state index in [1.165, 1.54) is 5.56 Å². The molecule has 1 aliphatic carbocycles. The third kappa shape index (κ3) is 2.48. The van der Waals surface area contributed by atoms with Gasteiger partial charge in [-0.05, 0) is 24.5 Å². The highest BCUT2D eigenvalue weighted by Gasteiger charge is 2.41. The Labute approximate surface area is 120 Å². The van der Waals surface area contributed by atoms with E-state index in [0.717, 1.165) is 5.57 Å². The summed E-state index contributed by atoms with van der Waals surface area (Å²) in [6.45, 7) is 8.05. The number of allylic oxidation sites excluding steroid dienone is 2. The van der Waals surface area contributed by atoms with E-state index in [0.29, 0.717) is 11.5 Å². The van der Waals surface area contributed by atoms with Crippen molar-refractivity contribution in [2.45, 2.75) is 39.2 Å². The number of Topliss-reactive ketones (excluding diaryl/α,β-unsaturated/α-hetero) is 1. The summed E-state index contributed by atoms with van der Waals surface area (Å²) in [5.41, 5.74) is 1.33. The SMILES string of the molecule is CC1=CC=CC(O)(C(=O)c2ccc(C(C)C)cc2)C1C. The zero-order valence-electron chi connectivity index (χ0n) is 12.6. The number of ketones is 1. The number of hydrogen-bond donors (Lipinski definition) is 1. The first-order valence-electron chi connectivity index (χ1n) is 7.09. The number of hydrogen-bond acceptors (Lipinski definition) is 2. The highest BCUT2D eigenvalue weighted by atomic mass is 16.3. The minimum Gasteiger partial charge on any atom is -0.377 e. The van der Waals surface area contributed by atoms with Gasteiger partial charge in [-0.1, -0.05) is 62.8 Å². The Morgan fingerprint density at radius 1 is 1.25 bits per heavy atom. The average Bonchev–Trinajstić information content (AvgIpc) is 2.44. The van der Waals surface area contributed by atoms with Crippen LogP contribution in [0.2, 0.25) is 0 Å². The van der Waals surface area contributed by atoms with Crippen molar-refractivity contribution in [1.82, 2.24) is 0 Å². The predicted molar refractivity (Wildman–Crippen MR) is 81.9 cm³/mol. The molecule has 0 saturated heterocycles. The molecule has 0 spiro atoms. The summed E-state index contributed by atoms with van der Waals surface area (Å²) < 4.78 is 0. The third-order valence-corrected chi connectivity index (χ3v) is 4.26. The molecule has 0 heterocycles. The zero-order chi connectivity index (χ0) is 14.9. The molecule has 0 bridgehead atoms. The van der Waals surface area contributed by atoms with Crippen LogP contribution in [-0.4, -0.2) is 16.5 Å². The van der Waals surface area contributed by atoms with Gasteiger partial charge in [-0.2, -0.15) is 0 Å². The van der Waals surface area contributed by atoms with Crippen LogP contribution in [0.4, 0.5) is 0 Å². The molecule has 0 aromatic heterocycles. The average molecular weight is 270 g/mol. The maximum Gasteiger partial charge on any atom is 0.198 e. The van der Waals surface area contributed by atoms with E-state index in [1.807, 2.05) is 44.2 Å². The van der Waals surface area contributed by atoms with Crippen molar-refractivity contribution in [2.24, 2.45) is 5.92 Å². The predicted octanol–water partition coefficient (Wildman–Crippen LogP) is 3.88. The maximum absolute atomic E-state index is 12.6.